The number of hydrogen-bond donors (Lipinski definition) is 0. The summed E-state index contributed by atoms with van der Waals surface area (Å²) < 4.78 is 38.1. The summed E-state index contributed by atoms with van der Waals surface area (Å²) in [6.07, 6.45) is -3.42. The molecule has 0 aliphatic heterocycles. The molecule has 24 heavy (non-hydrogen) atoms. The molecule has 2 aromatic rings. The van der Waals surface area contributed by atoms with Gasteiger partial charge in [0.15, 0.2) is 0 Å². The van der Waals surface area contributed by atoms with Crippen molar-refractivity contribution in [2.45, 2.75) is 18.0 Å². The number of rotatable bonds is 5. The van der Waals surface area contributed by atoms with Crippen LogP contribution in [0.5, 0.6) is 0 Å². The van der Waals surface area contributed by atoms with Crippen molar-refractivity contribution in [2.24, 2.45) is 4.99 Å². The van der Waals surface area contributed by atoms with E-state index < -0.39 is 22.4 Å². The Labute approximate surface area is 140 Å². The highest BCUT2D eigenvalue weighted by Crippen LogP contribution is 2.33. The fourth-order valence-corrected chi connectivity index (χ4v) is 2.72. The Bertz CT molecular complexity index is 776. The van der Waals surface area contributed by atoms with Gasteiger partial charge in [0.25, 0.3) is 5.69 Å². The van der Waals surface area contributed by atoms with Crippen LogP contribution in [0.2, 0.25) is 0 Å². The first kappa shape index (κ1) is 18.0. The Morgan fingerprint density at radius 2 is 1.96 bits per heavy atom. The van der Waals surface area contributed by atoms with E-state index >= 15 is 0 Å². The van der Waals surface area contributed by atoms with E-state index in [4.69, 9.17) is 0 Å². The lowest BCUT2D eigenvalue weighted by molar-refractivity contribution is -0.385. The molecule has 0 aromatic heterocycles. The van der Waals surface area contributed by atoms with Gasteiger partial charge in [-0.3, -0.25) is 15.1 Å². The summed E-state index contributed by atoms with van der Waals surface area (Å²) in [7, 11) is 0. The van der Waals surface area contributed by atoms with Gasteiger partial charge in [-0.15, -0.1) is 11.8 Å². The Kier molecular flexibility index (Phi) is 5.61. The Hall–Kier alpha value is -2.35. The van der Waals surface area contributed by atoms with Crippen LogP contribution in [0.15, 0.2) is 52.4 Å². The standard InChI is InChI=1S/C16H13F3N2O2S/c1-2-24-15-6-4-3-5-13(15)20-10-11-7-8-12(16(17,18)19)9-14(11)21(22)23/h3-10H,2H2,1H3/b20-10+. The van der Waals surface area contributed by atoms with Crippen LogP contribution in [0.25, 0.3) is 0 Å². The van der Waals surface area contributed by atoms with Crippen LogP contribution in [0.1, 0.15) is 18.1 Å². The monoisotopic (exact) mass is 354 g/mol. The molecule has 4 nitrogen and oxygen atoms in total. The summed E-state index contributed by atoms with van der Waals surface area (Å²) in [5.74, 6) is 0.826. The third kappa shape index (κ3) is 4.35. The first-order chi connectivity index (χ1) is 11.3. The van der Waals surface area contributed by atoms with Crippen LogP contribution in [0, 0.1) is 10.1 Å². The van der Waals surface area contributed by atoms with Gasteiger partial charge in [0, 0.05) is 17.2 Å². The van der Waals surface area contributed by atoms with Crippen LogP contribution >= 0.6 is 11.8 Å². The van der Waals surface area contributed by atoms with Gasteiger partial charge in [-0.2, -0.15) is 13.2 Å². The molecule has 0 spiro atoms. The Balaban J connectivity index is 2.41. The highest BCUT2D eigenvalue weighted by atomic mass is 32.2. The second kappa shape index (κ2) is 7.48. The minimum Gasteiger partial charge on any atom is -0.258 e. The predicted octanol–water partition coefficient (Wildman–Crippen LogP) is 5.48. The lowest BCUT2D eigenvalue weighted by Crippen LogP contribution is -2.06. The van der Waals surface area contributed by atoms with Gasteiger partial charge in [0.2, 0.25) is 0 Å². The van der Waals surface area contributed by atoms with Gasteiger partial charge < -0.3 is 0 Å². The van der Waals surface area contributed by atoms with Crippen LogP contribution < -0.4 is 0 Å². The predicted molar refractivity (Wildman–Crippen MR) is 88.2 cm³/mol. The van der Waals surface area contributed by atoms with Crippen molar-refractivity contribution in [3.8, 4) is 0 Å². The van der Waals surface area contributed by atoms with Crippen LogP contribution in [-0.4, -0.2) is 16.9 Å². The van der Waals surface area contributed by atoms with Crippen molar-refractivity contribution < 1.29 is 18.1 Å². The molecule has 0 aliphatic carbocycles. The fourth-order valence-electron chi connectivity index (χ4n) is 1.97. The normalized spacial score (nSPS) is 11.8. The van der Waals surface area contributed by atoms with Crippen molar-refractivity contribution in [2.75, 3.05) is 5.75 Å². The summed E-state index contributed by atoms with van der Waals surface area (Å²) >= 11 is 1.56. The number of hydrogen-bond acceptors (Lipinski definition) is 4. The van der Waals surface area contributed by atoms with Gasteiger partial charge in [0.1, 0.15) is 0 Å². The number of benzene rings is 2. The number of nitro groups is 1. The topological polar surface area (TPSA) is 55.5 Å². The molecular formula is C16H13F3N2O2S. The molecule has 0 N–H and O–H groups in total. The molecule has 0 fully saturated rings. The molecule has 0 saturated heterocycles. The SMILES string of the molecule is CCSc1ccccc1/N=C/c1ccc(C(F)(F)F)cc1[N+](=O)[O-]. The van der Waals surface area contributed by atoms with E-state index in [-0.39, 0.29) is 5.56 Å². The molecule has 126 valence electrons. The van der Waals surface area contributed by atoms with Gasteiger partial charge in [0.05, 0.1) is 21.7 Å². The van der Waals surface area contributed by atoms with Crippen LogP contribution in [0.4, 0.5) is 24.5 Å². The third-order valence-corrected chi connectivity index (χ3v) is 4.01. The van der Waals surface area contributed by atoms with E-state index in [1.165, 1.54) is 6.21 Å². The van der Waals surface area contributed by atoms with E-state index in [0.717, 1.165) is 22.8 Å². The maximum Gasteiger partial charge on any atom is 0.416 e. The summed E-state index contributed by atoms with van der Waals surface area (Å²) in [6.45, 7) is 1.98. The fraction of sp³-hybridized carbons (Fsp3) is 0.188. The summed E-state index contributed by atoms with van der Waals surface area (Å²) in [5, 5.41) is 11.1. The quantitative estimate of drug-likeness (QED) is 0.309. The molecule has 0 saturated carbocycles. The number of nitrogens with zero attached hydrogens (tertiary/aromatic N) is 2. The Morgan fingerprint density at radius 1 is 1.25 bits per heavy atom. The number of alkyl halides is 3. The molecule has 0 unspecified atom stereocenters. The van der Waals surface area contributed by atoms with E-state index in [0.29, 0.717) is 11.8 Å². The van der Waals surface area contributed by atoms with E-state index in [1.54, 1.807) is 23.9 Å². The molecular weight excluding hydrogens is 341 g/mol. The zero-order chi connectivity index (χ0) is 17.7. The second-order valence-corrected chi connectivity index (χ2v) is 5.99. The average Bonchev–Trinajstić information content (AvgIpc) is 2.53. The van der Waals surface area contributed by atoms with Gasteiger partial charge >= 0.3 is 6.18 Å². The molecule has 0 amide bonds. The third-order valence-electron chi connectivity index (χ3n) is 3.06. The number of nitro benzene ring substituents is 1. The minimum atomic E-state index is -4.63. The first-order valence-electron chi connectivity index (χ1n) is 6.94. The maximum absolute atomic E-state index is 12.7. The molecule has 0 aliphatic rings. The van der Waals surface area contributed by atoms with E-state index in [9.17, 15) is 23.3 Å². The highest BCUT2D eigenvalue weighted by Gasteiger charge is 2.32. The zero-order valence-electron chi connectivity index (χ0n) is 12.6. The maximum atomic E-state index is 12.7. The molecule has 0 bridgehead atoms. The highest BCUT2D eigenvalue weighted by molar-refractivity contribution is 7.99. The second-order valence-electron chi connectivity index (χ2n) is 4.69. The number of halogens is 3. The van der Waals surface area contributed by atoms with E-state index in [1.807, 2.05) is 19.1 Å². The first-order valence-corrected chi connectivity index (χ1v) is 7.93. The number of para-hydroxylation sites is 1. The van der Waals surface area contributed by atoms with Crippen molar-refractivity contribution in [3.05, 3.63) is 63.7 Å². The molecule has 0 atom stereocenters. The molecule has 2 aromatic carbocycles. The number of aliphatic imine (C=N–C) groups is 1. The van der Waals surface area contributed by atoms with Crippen LogP contribution in [-0.2, 0) is 6.18 Å². The van der Waals surface area contributed by atoms with Crippen molar-refractivity contribution >= 4 is 29.4 Å². The summed E-state index contributed by atoms with van der Waals surface area (Å²) in [4.78, 5) is 15.3. The average molecular weight is 354 g/mol. The Morgan fingerprint density at radius 3 is 2.58 bits per heavy atom. The smallest absolute Gasteiger partial charge is 0.258 e. The van der Waals surface area contributed by atoms with Crippen molar-refractivity contribution in [3.63, 3.8) is 0 Å². The van der Waals surface area contributed by atoms with Gasteiger partial charge in [-0.1, -0.05) is 19.1 Å². The van der Waals surface area contributed by atoms with Gasteiger partial charge in [-0.25, -0.2) is 0 Å². The minimum absolute atomic E-state index is 0.0179. The largest absolute Gasteiger partial charge is 0.416 e. The van der Waals surface area contributed by atoms with Crippen molar-refractivity contribution in [1.82, 2.24) is 0 Å². The van der Waals surface area contributed by atoms with Gasteiger partial charge in [-0.05, 0) is 30.0 Å². The van der Waals surface area contributed by atoms with Crippen LogP contribution in [0.3, 0.4) is 0 Å². The molecule has 0 heterocycles. The lowest BCUT2D eigenvalue weighted by Gasteiger charge is -2.07. The van der Waals surface area contributed by atoms with E-state index in [2.05, 4.69) is 4.99 Å². The van der Waals surface area contributed by atoms with Crippen molar-refractivity contribution in [1.29, 1.82) is 0 Å². The summed E-state index contributed by atoms with van der Waals surface area (Å²) in [6, 6.07) is 9.60. The number of thioether (sulfide) groups is 1. The molecule has 0 radical (unpaired) electrons. The molecule has 8 heteroatoms. The molecule has 2 rings (SSSR count). The zero-order valence-corrected chi connectivity index (χ0v) is 13.4. The lowest BCUT2D eigenvalue weighted by atomic mass is 10.1. The summed E-state index contributed by atoms with van der Waals surface area (Å²) in [5.41, 5.74) is -1.06.